The van der Waals surface area contributed by atoms with Crippen LogP contribution in [0, 0.1) is 0 Å². The molecule has 1 amide bonds. The number of carbonyl (C=O) groups is 2. The number of hydrogen-bond donors (Lipinski definition) is 1. The molecule has 0 saturated carbocycles. The van der Waals surface area contributed by atoms with Gasteiger partial charge in [-0.15, -0.1) is 0 Å². The van der Waals surface area contributed by atoms with E-state index in [1.165, 1.54) is 0 Å². The molecule has 1 fully saturated rings. The molecule has 130 valence electrons. The summed E-state index contributed by atoms with van der Waals surface area (Å²) in [6.07, 6.45) is -0.637. The Hall–Kier alpha value is -2.70. The van der Waals surface area contributed by atoms with Crippen LogP contribution in [0.3, 0.4) is 0 Å². The fourth-order valence-electron chi connectivity index (χ4n) is 2.39. The standard InChI is InChI=1S/C19H19NO5/c21-18(17-13-23-9-10-24-17)20-16-8-4-7-15(11-16)19(22)25-12-14-5-2-1-3-6-14/h1-8,11,17H,9-10,12-13H2,(H,20,21)/t17-/m1/s1. The van der Waals surface area contributed by atoms with Crippen LogP contribution in [0.2, 0.25) is 0 Å². The van der Waals surface area contributed by atoms with E-state index in [0.29, 0.717) is 24.5 Å². The molecule has 0 unspecified atom stereocenters. The number of nitrogens with one attached hydrogen (secondary N) is 1. The van der Waals surface area contributed by atoms with Gasteiger partial charge in [0.1, 0.15) is 6.61 Å². The van der Waals surface area contributed by atoms with Gasteiger partial charge >= 0.3 is 5.97 Å². The summed E-state index contributed by atoms with van der Waals surface area (Å²) in [5.74, 6) is -0.744. The molecule has 25 heavy (non-hydrogen) atoms. The van der Waals surface area contributed by atoms with Crippen molar-refractivity contribution >= 4 is 17.6 Å². The minimum Gasteiger partial charge on any atom is -0.457 e. The zero-order valence-electron chi connectivity index (χ0n) is 13.6. The first-order valence-electron chi connectivity index (χ1n) is 8.04. The summed E-state index contributed by atoms with van der Waals surface area (Å²) in [5, 5.41) is 2.73. The van der Waals surface area contributed by atoms with Gasteiger partial charge in [-0.3, -0.25) is 4.79 Å². The first kappa shape index (κ1) is 17.1. The highest BCUT2D eigenvalue weighted by atomic mass is 16.6. The lowest BCUT2D eigenvalue weighted by molar-refractivity contribution is -0.142. The molecular formula is C19H19NO5. The maximum absolute atomic E-state index is 12.2. The number of anilines is 1. The lowest BCUT2D eigenvalue weighted by Gasteiger charge is -2.22. The van der Waals surface area contributed by atoms with Crippen molar-refractivity contribution in [3.8, 4) is 0 Å². The van der Waals surface area contributed by atoms with Crippen molar-refractivity contribution < 1.29 is 23.8 Å². The van der Waals surface area contributed by atoms with Crippen LogP contribution in [0.1, 0.15) is 15.9 Å². The van der Waals surface area contributed by atoms with Crippen molar-refractivity contribution in [2.45, 2.75) is 12.7 Å². The van der Waals surface area contributed by atoms with Gasteiger partial charge in [-0.2, -0.15) is 0 Å². The van der Waals surface area contributed by atoms with E-state index in [9.17, 15) is 9.59 Å². The van der Waals surface area contributed by atoms with Gasteiger partial charge in [0.25, 0.3) is 5.91 Å². The van der Waals surface area contributed by atoms with E-state index >= 15 is 0 Å². The average Bonchev–Trinajstić information content (AvgIpc) is 2.68. The summed E-state index contributed by atoms with van der Waals surface area (Å²) >= 11 is 0. The zero-order chi connectivity index (χ0) is 17.5. The van der Waals surface area contributed by atoms with Crippen molar-refractivity contribution in [1.82, 2.24) is 0 Å². The summed E-state index contributed by atoms with van der Waals surface area (Å²) in [6, 6.07) is 16.1. The maximum Gasteiger partial charge on any atom is 0.338 e. The smallest absolute Gasteiger partial charge is 0.338 e. The highest BCUT2D eigenvalue weighted by Gasteiger charge is 2.22. The van der Waals surface area contributed by atoms with Gasteiger partial charge in [0.15, 0.2) is 6.10 Å². The van der Waals surface area contributed by atoms with Crippen molar-refractivity contribution in [1.29, 1.82) is 0 Å². The largest absolute Gasteiger partial charge is 0.457 e. The van der Waals surface area contributed by atoms with Crippen LogP contribution in [0.15, 0.2) is 54.6 Å². The van der Waals surface area contributed by atoms with E-state index in [1.54, 1.807) is 24.3 Å². The van der Waals surface area contributed by atoms with Crippen LogP contribution in [0.4, 0.5) is 5.69 Å². The summed E-state index contributed by atoms with van der Waals surface area (Å²) < 4.78 is 15.9. The van der Waals surface area contributed by atoms with Crippen LogP contribution in [-0.2, 0) is 25.6 Å². The molecule has 1 aliphatic rings. The number of esters is 1. The number of amides is 1. The quantitative estimate of drug-likeness (QED) is 0.846. The Morgan fingerprint density at radius 1 is 1.08 bits per heavy atom. The summed E-state index contributed by atoms with van der Waals surface area (Å²) in [6.45, 7) is 1.31. The second-order valence-electron chi connectivity index (χ2n) is 5.57. The molecule has 1 heterocycles. The minimum atomic E-state index is -0.637. The Bertz CT molecular complexity index is 726. The topological polar surface area (TPSA) is 73.9 Å². The Labute approximate surface area is 145 Å². The van der Waals surface area contributed by atoms with E-state index in [1.807, 2.05) is 30.3 Å². The van der Waals surface area contributed by atoms with Crippen LogP contribution in [0.5, 0.6) is 0 Å². The molecule has 0 radical (unpaired) electrons. The maximum atomic E-state index is 12.2. The third kappa shape index (κ3) is 4.89. The highest BCUT2D eigenvalue weighted by molar-refractivity contribution is 5.96. The molecule has 1 saturated heterocycles. The Kier molecular flexibility index (Phi) is 5.77. The molecular weight excluding hydrogens is 322 g/mol. The van der Waals surface area contributed by atoms with Gasteiger partial charge in [0.2, 0.25) is 0 Å². The monoisotopic (exact) mass is 341 g/mol. The van der Waals surface area contributed by atoms with Crippen molar-refractivity contribution in [2.75, 3.05) is 25.1 Å². The Balaban J connectivity index is 1.58. The number of ether oxygens (including phenoxy) is 3. The van der Waals surface area contributed by atoms with Gasteiger partial charge in [-0.25, -0.2) is 4.79 Å². The fraction of sp³-hybridized carbons (Fsp3) is 0.263. The van der Waals surface area contributed by atoms with E-state index in [-0.39, 0.29) is 19.1 Å². The van der Waals surface area contributed by atoms with Gasteiger partial charge < -0.3 is 19.5 Å². The number of hydrogen-bond acceptors (Lipinski definition) is 5. The van der Waals surface area contributed by atoms with Crippen molar-refractivity contribution in [3.63, 3.8) is 0 Å². The normalized spacial score (nSPS) is 16.9. The van der Waals surface area contributed by atoms with Crippen LogP contribution in [0.25, 0.3) is 0 Å². The minimum absolute atomic E-state index is 0.198. The van der Waals surface area contributed by atoms with Crippen LogP contribution >= 0.6 is 0 Å². The molecule has 0 aliphatic carbocycles. The number of rotatable bonds is 5. The van der Waals surface area contributed by atoms with Crippen molar-refractivity contribution in [3.05, 3.63) is 65.7 Å². The van der Waals surface area contributed by atoms with Crippen LogP contribution in [-0.4, -0.2) is 37.8 Å². The Morgan fingerprint density at radius 3 is 2.68 bits per heavy atom. The second-order valence-corrected chi connectivity index (χ2v) is 5.57. The predicted molar refractivity (Wildman–Crippen MR) is 91.2 cm³/mol. The molecule has 0 aromatic heterocycles. The van der Waals surface area contributed by atoms with Crippen LogP contribution < -0.4 is 5.32 Å². The Morgan fingerprint density at radius 2 is 1.92 bits per heavy atom. The molecule has 0 spiro atoms. The first-order valence-corrected chi connectivity index (χ1v) is 8.04. The number of benzene rings is 2. The molecule has 6 heteroatoms. The molecule has 1 N–H and O–H groups in total. The number of carbonyl (C=O) groups excluding carboxylic acids is 2. The zero-order valence-corrected chi connectivity index (χ0v) is 13.6. The lowest BCUT2D eigenvalue weighted by Crippen LogP contribution is -2.39. The van der Waals surface area contributed by atoms with Gasteiger partial charge in [-0.05, 0) is 23.8 Å². The average molecular weight is 341 g/mol. The summed E-state index contributed by atoms with van der Waals surface area (Å²) in [4.78, 5) is 24.3. The van der Waals surface area contributed by atoms with Gasteiger partial charge in [0.05, 0.1) is 25.4 Å². The molecule has 0 bridgehead atoms. The molecule has 3 rings (SSSR count). The van der Waals surface area contributed by atoms with E-state index in [0.717, 1.165) is 5.56 Å². The van der Waals surface area contributed by atoms with E-state index in [2.05, 4.69) is 5.32 Å². The SMILES string of the molecule is O=C(OCc1ccccc1)c1cccc(NC(=O)[C@H]2COCCO2)c1. The summed E-state index contributed by atoms with van der Waals surface area (Å²) in [5.41, 5.74) is 1.79. The van der Waals surface area contributed by atoms with Gasteiger partial charge in [-0.1, -0.05) is 36.4 Å². The van der Waals surface area contributed by atoms with Crippen molar-refractivity contribution in [2.24, 2.45) is 0 Å². The lowest BCUT2D eigenvalue weighted by atomic mass is 10.2. The predicted octanol–water partition coefficient (Wildman–Crippen LogP) is 2.40. The summed E-state index contributed by atoms with van der Waals surface area (Å²) in [7, 11) is 0. The first-order chi connectivity index (χ1) is 12.2. The second kappa shape index (κ2) is 8.41. The van der Waals surface area contributed by atoms with E-state index < -0.39 is 12.1 Å². The molecule has 1 aliphatic heterocycles. The molecule has 1 atom stereocenters. The van der Waals surface area contributed by atoms with E-state index in [4.69, 9.17) is 14.2 Å². The molecule has 6 nitrogen and oxygen atoms in total. The third-order valence-corrected chi connectivity index (χ3v) is 3.69. The third-order valence-electron chi connectivity index (χ3n) is 3.69. The molecule has 2 aromatic rings. The fourth-order valence-corrected chi connectivity index (χ4v) is 2.39. The highest BCUT2D eigenvalue weighted by Crippen LogP contribution is 2.14. The van der Waals surface area contributed by atoms with Gasteiger partial charge in [0, 0.05) is 5.69 Å². The molecule has 2 aromatic carbocycles.